The third-order valence-electron chi connectivity index (χ3n) is 3.36. The van der Waals surface area contributed by atoms with Crippen LogP contribution in [0.25, 0.3) is 0 Å². The van der Waals surface area contributed by atoms with Gasteiger partial charge in [0, 0.05) is 35.8 Å². The second-order valence-electron chi connectivity index (χ2n) is 5.44. The number of rotatable bonds is 3. The van der Waals surface area contributed by atoms with Crippen molar-refractivity contribution >= 4 is 17.4 Å². The van der Waals surface area contributed by atoms with Gasteiger partial charge in [-0.2, -0.15) is 11.8 Å². The van der Waals surface area contributed by atoms with E-state index in [0.717, 1.165) is 24.8 Å². The summed E-state index contributed by atoms with van der Waals surface area (Å²) in [6, 6.07) is 7.01. The molecule has 2 unspecified atom stereocenters. The van der Waals surface area contributed by atoms with E-state index in [0.29, 0.717) is 0 Å². The SMILES string of the molecule is Cc1ccc(N2CCSC(C)C2)c(CC(C)N)c1. The minimum absolute atomic E-state index is 0.224. The fourth-order valence-corrected chi connectivity index (χ4v) is 3.58. The van der Waals surface area contributed by atoms with Crippen molar-refractivity contribution in [2.45, 2.75) is 38.5 Å². The molecule has 1 saturated heterocycles. The van der Waals surface area contributed by atoms with Gasteiger partial charge < -0.3 is 10.6 Å². The van der Waals surface area contributed by atoms with Gasteiger partial charge in [0.05, 0.1) is 0 Å². The summed E-state index contributed by atoms with van der Waals surface area (Å²) in [5.74, 6) is 1.23. The topological polar surface area (TPSA) is 29.3 Å². The highest BCUT2D eigenvalue weighted by atomic mass is 32.2. The van der Waals surface area contributed by atoms with Crippen molar-refractivity contribution in [2.75, 3.05) is 23.7 Å². The van der Waals surface area contributed by atoms with Crippen molar-refractivity contribution in [3.05, 3.63) is 29.3 Å². The molecule has 1 fully saturated rings. The van der Waals surface area contributed by atoms with Crippen LogP contribution < -0.4 is 10.6 Å². The number of thioether (sulfide) groups is 1. The average molecular weight is 264 g/mol. The molecule has 18 heavy (non-hydrogen) atoms. The second-order valence-corrected chi connectivity index (χ2v) is 6.99. The zero-order chi connectivity index (χ0) is 13.1. The number of aryl methyl sites for hydroxylation is 1. The molecule has 2 rings (SSSR count). The molecular weight excluding hydrogens is 240 g/mol. The first-order valence-corrected chi connectivity index (χ1v) is 7.83. The van der Waals surface area contributed by atoms with Crippen LogP contribution in [0.1, 0.15) is 25.0 Å². The number of benzene rings is 1. The van der Waals surface area contributed by atoms with Crippen LogP contribution in [0.15, 0.2) is 18.2 Å². The summed E-state index contributed by atoms with van der Waals surface area (Å²) in [6.07, 6.45) is 0.967. The fourth-order valence-electron chi connectivity index (χ4n) is 2.57. The summed E-state index contributed by atoms with van der Waals surface area (Å²) in [5.41, 5.74) is 10.1. The molecule has 0 saturated carbocycles. The van der Waals surface area contributed by atoms with E-state index >= 15 is 0 Å². The van der Waals surface area contributed by atoms with Crippen LogP contribution in [0.4, 0.5) is 5.69 Å². The van der Waals surface area contributed by atoms with Gasteiger partial charge in [-0.25, -0.2) is 0 Å². The number of nitrogens with two attached hydrogens (primary N) is 1. The van der Waals surface area contributed by atoms with Gasteiger partial charge in [0.1, 0.15) is 0 Å². The van der Waals surface area contributed by atoms with E-state index in [1.807, 2.05) is 0 Å². The first-order chi connectivity index (χ1) is 8.56. The number of nitrogens with zero attached hydrogens (tertiary/aromatic N) is 1. The Morgan fingerprint density at radius 2 is 2.28 bits per heavy atom. The first-order valence-electron chi connectivity index (χ1n) is 6.78. The van der Waals surface area contributed by atoms with Gasteiger partial charge >= 0.3 is 0 Å². The largest absolute Gasteiger partial charge is 0.369 e. The molecule has 0 bridgehead atoms. The average Bonchev–Trinajstić information content (AvgIpc) is 2.28. The van der Waals surface area contributed by atoms with Gasteiger partial charge in [0.2, 0.25) is 0 Å². The minimum Gasteiger partial charge on any atom is -0.369 e. The maximum absolute atomic E-state index is 5.98. The van der Waals surface area contributed by atoms with Gasteiger partial charge in [-0.15, -0.1) is 0 Å². The van der Waals surface area contributed by atoms with Gasteiger partial charge in [-0.1, -0.05) is 24.6 Å². The first kappa shape index (κ1) is 13.8. The van der Waals surface area contributed by atoms with Crippen molar-refractivity contribution in [3.63, 3.8) is 0 Å². The summed E-state index contributed by atoms with van der Waals surface area (Å²) in [5, 5.41) is 0.725. The Bertz CT molecular complexity index is 403. The van der Waals surface area contributed by atoms with Crippen LogP contribution in [0.3, 0.4) is 0 Å². The Kier molecular flexibility index (Phi) is 4.57. The monoisotopic (exact) mass is 264 g/mol. The van der Waals surface area contributed by atoms with Crippen LogP contribution in [-0.2, 0) is 6.42 Å². The Labute approximate surface area is 115 Å². The van der Waals surface area contributed by atoms with Crippen LogP contribution in [0.5, 0.6) is 0 Å². The Hall–Kier alpha value is -0.670. The predicted octanol–water partition coefficient (Wildman–Crippen LogP) is 2.83. The number of hydrogen-bond acceptors (Lipinski definition) is 3. The Balaban J connectivity index is 2.25. The molecule has 100 valence electrons. The zero-order valence-electron chi connectivity index (χ0n) is 11.6. The molecule has 1 aliphatic rings. The third kappa shape index (κ3) is 3.42. The number of anilines is 1. The molecular formula is C15H24N2S. The molecule has 1 aromatic rings. The molecule has 2 N–H and O–H groups in total. The molecule has 0 spiro atoms. The smallest absolute Gasteiger partial charge is 0.0400 e. The van der Waals surface area contributed by atoms with Crippen LogP contribution in [0, 0.1) is 6.92 Å². The summed E-state index contributed by atoms with van der Waals surface area (Å²) in [7, 11) is 0. The third-order valence-corrected chi connectivity index (χ3v) is 4.50. The lowest BCUT2D eigenvalue weighted by Gasteiger charge is -2.34. The molecule has 1 heterocycles. The summed E-state index contributed by atoms with van der Waals surface area (Å²) in [4.78, 5) is 2.53. The predicted molar refractivity (Wildman–Crippen MR) is 82.7 cm³/mol. The fraction of sp³-hybridized carbons (Fsp3) is 0.600. The van der Waals surface area contributed by atoms with Crippen molar-refractivity contribution in [2.24, 2.45) is 5.73 Å². The van der Waals surface area contributed by atoms with E-state index < -0.39 is 0 Å². The van der Waals surface area contributed by atoms with Crippen LogP contribution in [0.2, 0.25) is 0 Å². The quantitative estimate of drug-likeness (QED) is 0.910. The van der Waals surface area contributed by atoms with E-state index in [1.165, 1.54) is 22.6 Å². The van der Waals surface area contributed by atoms with E-state index in [4.69, 9.17) is 5.73 Å². The van der Waals surface area contributed by atoms with Crippen LogP contribution in [-0.4, -0.2) is 30.1 Å². The highest BCUT2D eigenvalue weighted by Gasteiger charge is 2.19. The van der Waals surface area contributed by atoms with Crippen molar-refractivity contribution in [3.8, 4) is 0 Å². The summed E-state index contributed by atoms with van der Waals surface area (Å²) < 4.78 is 0. The maximum Gasteiger partial charge on any atom is 0.0400 e. The Morgan fingerprint density at radius 3 is 2.94 bits per heavy atom. The molecule has 0 radical (unpaired) electrons. The summed E-state index contributed by atoms with van der Waals surface area (Å²) in [6.45, 7) is 8.86. The molecule has 0 aromatic heterocycles. The van der Waals surface area contributed by atoms with Crippen molar-refractivity contribution in [1.29, 1.82) is 0 Å². The standard InChI is InChI=1S/C15H24N2S/c1-11-4-5-15(14(8-11)9-12(2)16)17-6-7-18-13(3)10-17/h4-5,8,12-13H,6-7,9-10,16H2,1-3H3. The lowest BCUT2D eigenvalue weighted by Crippen LogP contribution is -2.37. The number of hydrogen-bond donors (Lipinski definition) is 1. The Morgan fingerprint density at radius 1 is 1.50 bits per heavy atom. The molecule has 0 aliphatic carbocycles. The minimum atomic E-state index is 0.224. The van der Waals surface area contributed by atoms with Gasteiger partial charge in [-0.3, -0.25) is 0 Å². The van der Waals surface area contributed by atoms with E-state index in [1.54, 1.807) is 0 Å². The lowest BCUT2D eigenvalue weighted by molar-refractivity contribution is 0.724. The van der Waals surface area contributed by atoms with E-state index in [9.17, 15) is 0 Å². The van der Waals surface area contributed by atoms with Gasteiger partial charge in [0.25, 0.3) is 0 Å². The zero-order valence-corrected chi connectivity index (χ0v) is 12.5. The highest BCUT2D eigenvalue weighted by Crippen LogP contribution is 2.28. The maximum atomic E-state index is 5.98. The van der Waals surface area contributed by atoms with Gasteiger partial charge in [0.15, 0.2) is 0 Å². The van der Waals surface area contributed by atoms with Crippen molar-refractivity contribution in [1.82, 2.24) is 0 Å². The summed E-state index contributed by atoms with van der Waals surface area (Å²) >= 11 is 2.07. The van der Waals surface area contributed by atoms with Crippen LogP contribution >= 0.6 is 11.8 Å². The molecule has 0 amide bonds. The molecule has 1 aromatic carbocycles. The van der Waals surface area contributed by atoms with E-state index in [2.05, 4.69) is 55.6 Å². The molecule has 2 nitrogen and oxygen atoms in total. The second kappa shape index (κ2) is 5.98. The highest BCUT2D eigenvalue weighted by molar-refractivity contribution is 8.00. The van der Waals surface area contributed by atoms with Gasteiger partial charge in [-0.05, 0) is 31.9 Å². The normalized spacial score (nSPS) is 22.0. The van der Waals surface area contributed by atoms with Crippen molar-refractivity contribution < 1.29 is 0 Å². The lowest BCUT2D eigenvalue weighted by atomic mass is 10.0. The van der Waals surface area contributed by atoms with E-state index in [-0.39, 0.29) is 6.04 Å². The molecule has 2 atom stereocenters. The molecule has 1 aliphatic heterocycles. The molecule has 3 heteroatoms.